The maximum atomic E-state index is 11.2. The fraction of sp³-hybridized carbons (Fsp3) is 0.400. The van der Waals surface area contributed by atoms with Crippen molar-refractivity contribution in [2.45, 2.75) is 6.54 Å². The molecule has 0 atom stereocenters. The number of cyclic esters (lactones) is 1. The van der Waals surface area contributed by atoms with Crippen LogP contribution in [0.15, 0.2) is 12.1 Å². The molecule has 0 radical (unpaired) electrons. The van der Waals surface area contributed by atoms with Gasteiger partial charge in [0.1, 0.15) is 12.3 Å². The van der Waals surface area contributed by atoms with Gasteiger partial charge < -0.3 is 14.4 Å². The van der Waals surface area contributed by atoms with Gasteiger partial charge in [-0.25, -0.2) is 9.59 Å². The average molecular weight is 224 g/mol. The van der Waals surface area contributed by atoms with Crippen molar-refractivity contribution >= 4 is 12.1 Å². The summed E-state index contributed by atoms with van der Waals surface area (Å²) in [5, 5.41) is 8.87. The summed E-state index contributed by atoms with van der Waals surface area (Å²) in [7, 11) is 1.67. The smallest absolute Gasteiger partial charge is 0.410 e. The molecule has 0 spiro atoms. The van der Waals surface area contributed by atoms with E-state index >= 15 is 0 Å². The van der Waals surface area contributed by atoms with Crippen molar-refractivity contribution < 1.29 is 19.4 Å². The standard InChI is InChI=1S/C10H12N2O4/c1-11-7(2-3-8(11)9(13)14)6-12-4-5-16-10(12)15/h2-3H,4-6H2,1H3,(H,13,14). The molecule has 1 saturated heterocycles. The highest BCUT2D eigenvalue weighted by atomic mass is 16.6. The van der Waals surface area contributed by atoms with Crippen molar-refractivity contribution in [3.63, 3.8) is 0 Å². The van der Waals surface area contributed by atoms with Gasteiger partial charge in [0.25, 0.3) is 0 Å². The number of hydrogen-bond donors (Lipinski definition) is 1. The van der Waals surface area contributed by atoms with Crippen LogP contribution in [-0.2, 0) is 18.3 Å². The van der Waals surface area contributed by atoms with Crippen molar-refractivity contribution in [1.29, 1.82) is 0 Å². The van der Waals surface area contributed by atoms with Crippen LogP contribution in [0.2, 0.25) is 0 Å². The summed E-state index contributed by atoms with van der Waals surface area (Å²) in [5.74, 6) is -0.974. The lowest BCUT2D eigenvalue weighted by atomic mass is 10.4. The molecule has 1 aromatic heterocycles. The molecule has 1 aliphatic rings. The van der Waals surface area contributed by atoms with E-state index < -0.39 is 5.97 Å². The SMILES string of the molecule is Cn1c(CN2CCOC2=O)ccc1C(=O)O. The van der Waals surface area contributed by atoms with Gasteiger partial charge in [0.05, 0.1) is 13.1 Å². The highest BCUT2D eigenvalue weighted by molar-refractivity contribution is 5.86. The molecular formula is C10H12N2O4. The monoisotopic (exact) mass is 224 g/mol. The van der Waals surface area contributed by atoms with Crippen LogP contribution in [0.4, 0.5) is 4.79 Å². The lowest BCUT2D eigenvalue weighted by molar-refractivity contribution is 0.0686. The molecule has 1 fully saturated rings. The van der Waals surface area contributed by atoms with Gasteiger partial charge >= 0.3 is 12.1 Å². The zero-order chi connectivity index (χ0) is 11.7. The molecule has 2 rings (SSSR count). The van der Waals surface area contributed by atoms with Crippen LogP contribution in [0, 0.1) is 0 Å². The topological polar surface area (TPSA) is 71.8 Å². The highest BCUT2D eigenvalue weighted by Gasteiger charge is 2.23. The van der Waals surface area contributed by atoms with Crippen molar-refractivity contribution in [1.82, 2.24) is 9.47 Å². The molecule has 6 nitrogen and oxygen atoms in total. The van der Waals surface area contributed by atoms with E-state index in [2.05, 4.69) is 0 Å². The Kier molecular flexibility index (Phi) is 2.55. The summed E-state index contributed by atoms with van der Waals surface area (Å²) in [6, 6.07) is 3.23. The summed E-state index contributed by atoms with van der Waals surface area (Å²) in [4.78, 5) is 23.6. The summed E-state index contributed by atoms with van der Waals surface area (Å²) >= 11 is 0. The average Bonchev–Trinajstić information content (AvgIpc) is 2.76. The first-order valence-corrected chi connectivity index (χ1v) is 4.89. The Morgan fingerprint density at radius 1 is 1.56 bits per heavy atom. The van der Waals surface area contributed by atoms with E-state index in [1.165, 1.54) is 6.07 Å². The number of hydrogen-bond acceptors (Lipinski definition) is 3. The van der Waals surface area contributed by atoms with Gasteiger partial charge in [-0.1, -0.05) is 0 Å². The minimum absolute atomic E-state index is 0.211. The highest BCUT2D eigenvalue weighted by Crippen LogP contribution is 2.13. The second kappa shape index (κ2) is 3.88. The first-order valence-electron chi connectivity index (χ1n) is 4.89. The number of aromatic nitrogens is 1. The molecule has 86 valence electrons. The summed E-state index contributed by atoms with van der Waals surface area (Å²) in [5.41, 5.74) is 0.985. The van der Waals surface area contributed by atoms with Gasteiger partial charge in [-0.3, -0.25) is 4.90 Å². The Morgan fingerprint density at radius 2 is 2.31 bits per heavy atom. The van der Waals surface area contributed by atoms with E-state index in [0.29, 0.717) is 19.7 Å². The summed E-state index contributed by atoms with van der Waals surface area (Å²) in [6.45, 7) is 1.32. The Morgan fingerprint density at radius 3 is 2.81 bits per heavy atom. The first-order chi connectivity index (χ1) is 7.59. The molecule has 16 heavy (non-hydrogen) atoms. The van der Waals surface area contributed by atoms with Gasteiger partial charge in [-0.05, 0) is 12.1 Å². The third-order valence-corrected chi connectivity index (χ3v) is 2.64. The van der Waals surface area contributed by atoms with E-state index in [-0.39, 0.29) is 11.8 Å². The predicted octanol–water partition coefficient (Wildman–Crippen LogP) is 0.676. The van der Waals surface area contributed by atoms with Crippen molar-refractivity contribution in [2.24, 2.45) is 7.05 Å². The first kappa shape index (κ1) is 10.5. The van der Waals surface area contributed by atoms with Crippen LogP contribution in [0.5, 0.6) is 0 Å². The van der Waals surface area contributed by atoms with Crippen molar-refractivity contribution in [3.05, 3.63) is 23.5 Å². The number of carboxylic acid groups (broad SMARTS) is 1. The number of rotatable bonds is 3. The fourth-order valence-electron chi connectivity index (χ4n) is 1.69. The quantitative estimate of drug-likeness (QED) is 0.819. The van der Waals surface area contributed by atoms with Crippen LogP contribution in [0.3, 0.4) is 0 Å². The number of carboxylic acids is 1. The molecule has 1 aliphatic heterocycles. The van der Waals surface area contributed by atoms with Gasteiger partial charge in [0, 0.05) is 12.7 Å². The molecule has 2 heterocycles. The molecule has 0 unspecified atom stereocenters. The van der Waals surface area contributed by atoms with Crippen LogP contribution in [0.1, 0.15) is 16.2 Å². The number of ether oxygens (including phenoxy) is 1. The minimum atomic E-state index is -0.974. The molecule has 0 aromatic carbocycles. The third-order valence-electron chi connectivity index (χ3n) is 2.64. The lowest BCUT2D eigenvalue weighted by Crippen LogP contribution is -2.25. The lowest BCUT2D eigenvalue weighted by Gasteiger charge is -2.13. The second-order valence-corrected chi connectivity index (χ2v) is 3.61. The van der Waals surface area contributed by atoms with Gasteiger partial charge in [0.2, 0.25) is 0 Å². The molecule has 1 aromatic rings. The van der Waals surface area contributed by atoms with Crippen molar-refractivity contribution in [2.75, 3.05) is 13.2 Å². The molecule has 0 aliphatic carbocycles. The number of amides is 1. The van der Waals surface area contributed by atoms with Crippen LogP contribution >= 0.6 is 0 Å². The van der Waals surface area contributed by atoms with Crippen LogP contribution in [-0.4, -0.2) is 39.8 Å². The molecule has 6 heteroatoms. The number of aromatic carboxylic acids is 1. The van der Waals surface area contributed by atoms with Crippen LogP contribution in [0.25, 0.3) is 0 Å². The minimum Gasteiger partial charge on any atom is -0.477 e. The summed E-state index contributed by atoms with van der Waals surface area (Å²) in [6.07, 6.45) is -0.349. The van der Waals surface area contributed by atoms with Gasteiger partial charge in [-0.2, -0.15) is 0 Å². The largest absolute Gasteiger partial charge is 0.477 e. The zero-order valence-electron chi connectivity index (χ0n) is 8.84. The van der Waals surface area contributed by atoms with E-state index in [0.717, 1.165) is 5.69 Å². The number of nitrogens with zero attached hydrogens (tertiary/aromatic N) is 2. The maximum Gasteiger partial charge on any atom is 0.410 e. The molecule has 1 amide bonds. The van der Waals surface area contributed by atoms with E-state index in [4.69, 9.17) is 9.84 Å². The molecular weight excluding hydrogens is 212 g/mol. The number of carbonyl (C=O) groups is 2. The maximum absolute atomic E-state index is 11.2. The second-order valence-electron chi connectivity index (χ2n) is 3.61. The van der Waals surface area contributed by atoms with E-state index in [1.807, 2.05) is 0 Å². The summed E-state index contributed by atoms with van der Waals surface area (Å²) < 4.78 is 6.36. The normalized spacial score (nSPS) is 15.3. The zero-order valence-corrected chi connectivity index (χ0v) is 8.84. The number of carbonyl (C=O) groups excluding carboxylic acids is 1. The van der Waals surface area contributed by atoms with Gasteiger partial charge in [0.15, 0.2) is 0 Å². The van der Waals surface area contributed by atoms with Crippen molar-refractivity contribution in [3.8, 4) is 0 Å². The fourth-order valence-corrected chi connectivity index (χ4v) is 1.69. The third kappa shape index (κ3) is 1.73. The van der Waals surface area contributed by atoms with E-state index in [9.17, 15) is 9.59 Å². The van der Waals surface area contributed by atoms with Gasteiger partial charge in [-0.15, -0.1) is 0 Å². The molecule has 0 saturated carbocycles. The molecule has 1 N–H and O–H groups in total. The Labute approximate surface area is 92.0 Å². The van der Waals surface area contributed by atoms with E-state index in [1.54, 1.807) is 22.6 Å². The van der Waals surface area contributed by atoms with Crippen LogP contribution < -0.4 is 0 Å². The Bertz CT molecular complexity index is 438. The Balaban J connectivity index is 2.16. The molecule has 0 bridgehead atoms. The predicted molar refractivity (Wildman–Crippen MR) is 54.1 cm³/mol. The Hall–Kier alpha value is -1.98.